The normalized spacial score (nSPS) is 14.9. The number of urea groups is 1. The summed E-state index contributed by atoms with van der Waals surface area (Å²) >= 11 is 5.95. The number of nitrogens with zero attached hydrogens (tertiary/aromatic N) is 1. The van der Waals surface area contributed by atoms with Crippen LogP contribution in [0.4, 0.5) is 10.5 Å². The summed E-state index contributed by atoms with van der Waals surface area (Å²) in [5.74, 6) is -1.42. The summed E-state index contributed by atoms with van der Waals surface area (Å²) < 4.78 is 5.04. The summed E-state index contributed by atoms with van der Waals surface area (Å²) in [6.45, 7) is 1.55. The van der Waals surface area contributed by atoms with E-state index >= 15 is 0 Å². The van der Waals surface area contributed by atoms with Gasteiger partial charge in [0, 0.05) is 13.0 Å². The molecule has 2 N–H and O–H groups in total. The molecular formula is C16H18ClN3O5. The standard InChI is InChI=1S/C16H18ClN3O5/c1-10(15(23)19-12-6-3-2-5-11(12)17)25-14(22)7-4-8-20-13(21)9-18-16(20)24/h2-3,5-6,10H,4,7-9H2,1H3,(H,18,24)(H,19,23)/t10-/m1/s1. The van der Waals surface area contributed by atoms with Crippen molar-refractivity contribution in [1.29, 1.82) is 0 Å². The topological polar surface area (TPSA) is 105 Å². The maximum Gasteiger partial charge on any atom is 0.324 e. The molecule has 1 aromatic carbocycles. The number of carbonyl (C=O) groups is 4. The molecule has 0 saturated carbocycles. The third kappa shape index (κ3) is 5.18. The lowest BCUT2D eigenvalue weighted by Crippen LogP contribution is -2.33. The van der Waals surface area contributed by atoms with Gasteiger partial charge in [0.15, 0.2) is 6.10 Å². The van der Waals surface area contributed by atoms with Crippen LogP contribution in [-0.4, -0.2) is 47.9 Å². The van der Waals surface area contributed by atoms with Gasteiger partial charge in [0.25, 0.3) is 5.91 Å². The Morgan fingerprint density at radius 1 is 1.36 bits per heavy atom. The molecular weight excluding hydrogens is 350 g/mol. The van der Waals surface area contributed by atoms with E-state index in [-0.39, 0.29) is 31.8 Å². The zero-order valence-electron chi connectivity index (χ0n) is 13.6. The van der Waals surface area contributed by atoms with E-state index < -0.39 is 24.0 Å². The van der Waals surface area contributed by atoms with Crippen LogP contribution in [0.15, 0.2) is 24.3 Å². The molecule has 0 aromatic heterocycles. The average molecular weight is 368 g/mol. The second kappa shape index (κ2) is 8.48. The van der Waals surface area contributed by atoms with Crippen LogP contribution in [0.1, 0.15) is 19.8 Å². The van der Waals surface area contributed by atoms with Crippen LogP contribution in [0, 0.1) is 0 Å². The van der Waals surface area contributed by atoms with Crippen molar-refractivity contribution in [3.63, 3.8) is 0 Å². The molecule has 8 nitrogen and oxygen atoms in total. The Bertz CT molecular complexity index is 678. The van der Waals surface area contributed by atoms with E-state index in [9.17, 15) is 19.2 Å². The van der Waals surface area contributed by atoms with E-state index in [4.69, 9.17) is 16.3 Å². The molecule has 0 spiro atoms. The molecule has 9 heteroatoms. The Morgan fingerprint density at radius 3 is 2.72 bits per heavy atom. The first-order valence-corrected chi connectivity index (χ1v) is 8.09. The Morgan fingerprint density at radius 2 is 2.08 bits per heavy atom. The van der Waals surface area contributed by atoms with Gasteiger partial charge in [-0.1, -0.05) is 23.7 Å². The van der Waals surface area contributed by atoms with E-state index in [0.29, 0.717) is 10.7 Å². The van der Waals surface area contributed by atoms with Gasteiger partial charge in [0.05, 0.1) is 17.3 Å². The van der Waals surface area contributed by atoms with Crippen LogP contribution in [0.2, 0.25) is 5.02 Å². The molecule has 134 valence electrons. The lowest BCUT2D eigenvalue weighted by atomic mass is 10.2. The van der Waals surface area contributed by atoms with Gasteiger partial charge in [-0.05, 0) is 25.5 Å². The number of para-hydroxylation sites is 1. The molecule has 4 amide bonds. The van der Waals surface area contributed by atoms with Crippen LogP contribution in [0.3, 0.4) is 0 Å². The zero-order chi connectivity index (χ0) is 18.4. The molecule has 1 atom stereocenters. The lowest BCUT2D eigenvalue weighted by Gasteiger charge is -2.15. The van der Waals surface area contributed by atoms with Gasteiger partial charge in [-0.2, -0.15) is 0 Å². The van der Waals surface area contributed by atoms with Gasteiger partial charge in [0.2, 0.25) is 5.91 Å². The van der Waals surface area contributed by atoms with Crippen molar-refractivity contribution < 1.29 is 23.9 Å². The molecule has 1 fully saturated rings. The third-order valence-electron chi connectivity index (χ3n) is 3.51. The Hall–Kier alpha value is -2.61. The molecule has 0 bridgehead atoms. The predicted octanol–water partition coefficient (Wildman–Crippen LogP) is 1.54. The molecule has 1 aromatic rings. The van der Waals surface area contributed by atoms with Gasteiger partial charge < -0.3 is 15.4 Å². The SMILES string of the molecule is C[C@@H](OC(=O)CCCN1C(=O)CNC1=O)C(=O)Nc1ccccc1Cl. The number of ether oxygens (including phenoxy) is 1. The monoisotopic (exact) mass is 367 g/mol. The number of benzene rings is 1. The summed E-state index contributed by atoms with van der Waals surface area (Å²) in [7, 11) is 0. The van der Waals surface area contributed by atoms with Crippen molar-refractivity contribution in [2.75, 3.05) is 18.4 Å². The number of halogens is 1. The number of carbonyl (C=O) groups excluding carboxylic acids is 4. The lowest BCUT2D eigenvalue weighted by molar-refractivity contribution is -0.153. The smallest absolute Gasteiger partial charge is 0.324 e. The van der Waals surface area contributed by atoms with Crippen molar-refractivity contribution in [2.24, 2.45) is 0 Å². The highest BCUT2D eigenvalue weighted by Gasteiger charge is 2.28. The van der Waals surface area contributed by atoms with Gasteiger partial charge in [-0.15, -0.1) is 0 Å². The maximum absolute atomic E-state index is 12.0. The summed E-state index contributed by atoms with van der Waals surface area (Å²) in [4.78, 5) is 47.6. The second-order valence-corrected chi connectivity index (χ2v) is 5.82. The van der Waals surface area contributed by atoms with Crippen molar-refractivity contribution in [2.45, 2.75) is 25.9 Å². The van der Waals surface area contributed by atoms with Gasteiger partial charge in [-0.25, -0.2) is 4.79 Å². The zero-order valence-corrected chi connectivity index (χ0v) is 14.3. The Kier molecular flexibility index (Phi) is 6.35. The molecule has 1 heterocycles. The largest absolute Gasteiger partial charge is 0.453 e. The first-order valence-electron chi connectivity index (χ1n) is 7.71. The molecule has 25 heavy (non-hydrogen) atoms. The number of esters is 1. The molecule has 0 aliphatic carbocycles. The highest BCUT2D eigenvalue weighted by molar-refractivity contribution is 6.33. The van der Waals surface area contributed by atoms with E-state index in [1.54, 1.807) is 24.3 Å². The number of anilines is 1. The fraction of sp³-hybridized carbons (Fsp3) is 0.375. The number of rotatable bonds is 7. The third-order valence-corrected chi connectivity index (χ3v) is 3.84. The van der Waals surface area contributed by atoms with E-state index in [1.165, 1.54) is 6.92 Å². The van der Waals surface area contributed by atoms with E-state index in [1.807, 2.05) is 0 Å². The van der Waals surface area contributed by atoms with Crippen LogP contribution < -0.4 is 10.6 Å². The highest BCUT2D eigenvalue weighted by Crippen LogP contribution is 2.20. The van der Waals surface area contributed by atoms with Crippen LogP contribution in [0.5, 0.6) is 0 Å². The van der Waals surface area contributed by atoms with Crippen LogP contribution in [-0.2, 0) is 19.1 Å². The van der Waals surface area contributed by atoms with E-state index in [2.05, 4.69) is 10.6 Å². The molecule has 1 saturated heterocycles. The average Bonchev–Trinajstić information content (AvgIpc) is 2.88. The Labute approximate surface area is 149 Å². The van der Waals surface area contributed by atoms with E-state index in [0.717, 1.165) is 4.90 Å². The number of amides is 4. The molecule has 1 aliphatic heterocycles. The summed E-state index contributed by atoms with van der Waals surface area (Å²) in [5, 5.41) is 5.34. The highest BCUT2D eigenvalue weighted by atomic mass is 35.5. The second-order valence-electron chi connectivity index (χ2n) is 5.41. The molecule has 0 radical (unpaired) electrons. The number of imide groups is 1. The minimum atomic E-state index is -1.000. The first kappa shape index (κ1) is 18.7. The molecule has 0 unspecified atom stereocenters. The molecule has 1 aliphatic rings. The first-order chi connectivity index (χ1) is 11.9. The summed E-state index contributed by atoms with van der Waals surface area (Å²) in [5.41, 5.74) is 0.427. The van der Waals surface area contributed by atoms with Gasteiger partial charge in [0.1, 0.15) is 0 Å². The number of hydrogen-bond acceptors (Lipinski definition) is 5. The van der Waals surface area contributed by atoms with Crippen molar-refractivity contribution in [3.8, 4) is 0 Å². The quantitative estimate of drug-likeness (QED) is 0.562. The van der Waals surface area contributed by atoms with Crippen LogP contribution in [0.25, 0.3) is 0 Å². The predicted molar refractivity (Wildman–Crippen MR) is 90.0 cm³/mol. The minimum Gasteiger partial charge on any atom is -0.453 e. The Balaban J connectivity index is 1.74. The number of hydrogen-bond donors (Lipinski definition) is 2. The number of nitrogens with one attached hydrogen (secondary N) is 2. The minimum absolute atomic E-state index is 0.0131. The van der Waals surface area contributed by atoms with Crippen molar-refractivity contribution in [3.05, 3.63) is 29.3 Å². The van der Waals surface area contributed by atoms with Gasteiger partial charge >= 0.3 is 12.0 Å². The van der Waals surface area contributed by atoms with Crippen LogP contribution >= 0.6 is 11.6 Å². The van der Waals surface area contributed by atoms with Crippen molar-refractivity contribution in [1.82, 2.24) is 10.2 Å². The van der Waals surface area contributed by atoms with Crippen molar-refractivity contribution >= 4 is 41.1 Å². The fourth-order valence-corrected chi connectivity index (χ4v) is 2.35. The summed E-state index contributed by atoms with van der Waals surface area (Å²) in [6.07, 6.45) is -0.752. The molecule has 2 rings (SSSR count). The maximum atomic E-state index is 12.0. The van der Waals surface area contributed by atoms with Gasteiger partial charge in [-0.3, -0.25) is 19.3 Å². The summed E-state index contributed by atoms with van der Waals surface area (Å²) in [6, 6.07) is 6.24. The fourth-order valence-electron chi connectivity index (χ4n) is 2.17.